The van der Waals surface area contributed by atoms with Crippen LogP contribution in [0.5, 0.6) is 0 Å². The number of aryl methyl sites for hydroxylation is 1. The lowest BCUT2D eigenvalue weighted by molar-refractivity contribution is -0.122. The van der Waals surface area contributed by atoms with E-state index in [-0.39, 0.29) is 5.91 Å². The van der Waals surface area contributed by atoms with Gasteiger partial charge in [0.15, 0.2) is 0 Å². The van der Waals surface area contributed by atoms with Crippen molar-refractivity contribution in [2.75, 3.05) is 13.2 Å². The first-order valence-corrected chi connectivity index (χ1v) is 6.31. The molecule has 1 heterocycles. The molecule has 0 aliphatic carbocycles. The minimum Gasteiger partial charge on any atom is -0.447 e. The van der Waals surface area contributed by atoms with Crippen molar-refractivity contribution in [2.45, 2.75) is 20.3 Å². The van der Waals surface area contributed by atoms with E-state index in [9.17, 15) is 9.59 Å². The molecular formula is C15H19NO3. The maximum Gasteiger partial charge on any atom is 0.416 e. The van der Waals surface area contributed by atoms with E-state index in [2.05, 4.69) is 23.8 Å². The SMILES string of the molecule is CC/C=C/C(=O)N1CCOC1=O.Cc1ccccc1. The van der Waals surface area contributed by atoms with Crippen molar-refractivity contribution < 1.29 is 14.3 Å². The average molecular weight is 261 g/mol. The van der Waals surface area contributed by atoms with Gasteiger partial charge in [-0.3, -0.25) is 4.79 Å². The Labute approximate surface area is 113 Å². The molecule has 1 fully saturated rings. The van der Waals surface area contributed by atoms with Gasteiger partial charge in [-0.2, -0.15) is 0 Å². The van der Waals surface area contributed by atoms with Gasteiger partial charge in [0.05, 0.1) is 6.54 Å². The molecule has 1 aliphatic heterocycles. The number of ether oxygens (including phenoxy) is 1. The molecule has 0 radical (unpaired) electrons. The van der Waals surface area contributed by atoms with E-state index >= 15 is 0 Å². The normalized spacial score (nSPS) is 14.0. The molecule has 0 bridgehead atoms. The summed E-state index contributed by atoms with van der Waals surface area (Å²) in [5.74, 6) is -0.292. The third kappa shape index (κ3) is 5.38. The molecule has 0 saturated carbocycles. The van der Waals surface area contributed by atoms with Crippen LogP contribution in [0.4, 0.5) is 4.79 Å². The summed E-state index contributed by atoms with van der Waals surface area (Å²) in [6.45, 7) is 4.68. The number of carbonyl (C=O) groups is 2. The molecule has 4 nitrogen and oxygen atoms in total. The summed E-state index contributed by atoms with van der Waals surface area (Å²) in [6, 6.07) is 10.3. The molecule has 0 spiro atoms. The average Bonchev–Trinajstić information content (AvgIpc) is 2.84. The first-order chi connectivity index (χ1) is 9.15. The first-order valence-electron chi connectivity index (χ1n) is 6.31. The molecule has 2 rings (SSSR count). The number of benzene rings is 1. The minimum atomic E-state index is -0.541. The molecule has 0 atom stereocenters. The highest BCUT2D eigenvalue weighted by Gasteiger charge is 2.26. The Morgan fingerprint density at radius 1 is 1.37 bits per heavy atom. The lowest BCUT2D eigenvalue weighted by atomic mass is 10.2. The van der Waals surface area contributed by atoms with E-state index < -0.39 is 6.09 Å². The number of nitrogens with zero attached hydrogens (tertiary/aromatic N) is 1. The van der Waals surface area contributed by atoms with Crippen LogP contribution < -0.4 is 0 Å². The van der Waals surface area contributed by atoms with Gasteiger partial charge in [0.2, 0.25) is 0 Å². The van der Waals surface area contributed by atoms with Crippen LogP contribution in [0.2, 0.25) is 0 Å². The lowest BCUT2D eigenvalue weighted by Crippen LogP contribution is -2.29. The molecule has 0 unspecified atom stereocenters. The third-order valence-corrected chi connectivity index (χ3v) is 2.46. The quantitative estimate of drug-likeness (QED) is 0.769. The monoisotopic (exact) mass is 261 g/mol. The Morgan fingerprint density at radius 2 is 2.05 bits per heavy atom. The van der Waals surface area contributed by atoms with Crippen LogP contribution in [0.1, 0.15) is 18.9 Å². The topological polar surface area (TPSA) is 46.6 Å². The molecule has 1 aromatic rings. The van der Waals surface area contributed by atoms with E-state index in [0.717, 1.165) is 11.3 Å². The van der Waals surface area contributed by atoms with Crippen molar-refractivity contribution in [3.05, 3.63) is 48.0 Å². The molecule has 0 aromatic heterocycles. The highest BCUT2D eigenvalue weighted by Crippen LogP contribution is 2.03. The van der Waals surface area contributed by atoms with Crippen LogP contribution >= 0.6 is 0 Å². The number of carbonyl (C=O) groups excluding carboxylic acids is 2. The summed E-state index contributed by atoms with van der Waals surface area (Å²) in [5, 5.41) is 0. The Bertz CT molecular complexity index is 440. The zero-order valence-corrected chi connectivity index (χ0v) is 11.3. The van der Waals surface area contributed by atoms with Gasteiger partial charge in [0, 0.05) is 0 Å². The van der Waals surface area contributed by atoms with Crippen molar-refractivity contribution in [3.63, 3.8) is 0 Å². The number of cyclic esters (lactones) is 1. The highest BCUT2D eigenvalue weighted by atomic mass is 16.6. The van der Waals surface area contributed by atoms with Gasteiger partial charge >= 0.3 is 6.09 Å². The lowest BCUT2D eigenvalue weighted by Gasteiger charge is -2.05. The van der Waals surface area contributed by atoms with E-state index in [0.29, 0.717) is 13.2 Å². The van der Waals surface area contributed by atoms with E-state index in [4.69, 9.17) is 0 Å². The fourth-order valence-electron chi connectivity index (χ4n) is 1.44. The second-order valence-corrected chi connectivity index (χ2v) is 4.07. The number of imide groups is 1. The summed E-state index contributed by atoms with van der Waals surface area (Å²) in [4.78, 5) is 23.1. The molecule has 0 N–H and O–H groups in total. The van der Waals surface area contributed by atoms with Crippen LogP contribution in [0.25, 0.3) is 0 Å². The van der Waals surface area contributed by atoms with E-state index in [1.807, 2.05) is 25.1 Å². The van der Waals surface area contributed by atoms with Gasteiger partial charge in [-0.25, -0.2) is 9.69 Å². The maximum absolute atomic E-state index is 11.2. The fraction of sp³-hybridized carbons (Fsp3) is 0.333. The van der Waals surface area contributed by atoms with Crippen LogP contribution in [0.15, 0.2) is 42.5 Å². The Balaban J connectivity index is 0.000000218. The molecular weight excluding hydrogens is 242 g/mol. The predicted octanol–water partition coefficient (Wildman–Crippen LogP) is 2.93. The number of allylic oxidation sites excluding steroid dienone is 1. The van der Waals surface area contributed by atoms with Gasteiger partial charge in [-0.1, -0.05) is 48.9 Å². The molecule has 19 heavy (non-hydrogen) atoms. The second-order valence-electron chi connectivity index (χ2n) is 4.07. The molecule has 4 heteroatoms. The second kappa shape index (κ2) is 8.08. The summed E-state index contributed by atoms with van der Waals surface area (Å²) in [7, 11) is 0. The van der Waals surface area contributed by atoms with Crippen LogP contribution in [-0.2, 0) is 9.53 Å². The fourth-order valence-corrected chi connectivity index (χ4v) is 1.44. The Kier molecular flexibility index (Phi) is 6.36. The van der Waals surface area contributed by atoms with Crippen LogP contribution in [-0.4, -0.2) is 30.1 Å². The molecule has 1 saturated heterocycles. The minimum absolute atomic E-state index is 0.292. The summed E-state index contributed by atoms with van der Waals surface area (Å²) < 4.78 is 4.60. The Hall–Kier alpha value is -2.10. The number of hydrogen-bond donors (Lipinski definition) is 0. The van der Waals surface area contributed by atoms with Gasteiger partial charge in [-0.05, 0) is 19.4 Å². The molecule has 1 aromatic carbocycles. The number of hydrogen-bond acceptors (Lipinski definition) is 3. The molecule has 1 aliphatic rings. The van der Waals surface area contributed by atoms with Crippen molar-refractivity contribution in [2.24, 2.45) is 0 Å². The Morgan fingerprint density at radius 3 is 2.47 bits per heavy atom. The van der Waals surface area contributed by atoms with E-state index in [1.54, 1.807) is 6.08 Å². The van der Waals surface area contributed by atoms with Gasteiger partial charge in [-0.15, -0.1) is 0 Å². The van der Waals surface area contributed by atoms with Crippen molar-refractivity contribution in [1.82, 2.24) is 4.90 Å². The van der Waals surface area contributed by atoms with Gasteiger partial charge in [0.25, 0.3) is 5.91 Å². The standard InChI is InChI=1S/C8H11NO3.C7H8/c1-2-3-4-7(10)9-5-6-12-8(9)11;1-7-5-3-2-4-6-7/h3-4H,2,5-6H2,1H3;2-6H,1H3/b4-3+;. The zero-order valence-electron chi connectivity index (χ0n) is 11.3. The van der Waals surface area contributed by atoms with Gasteiger partial charge in [0.1, 0.15) is 6.61 Å². The summed E-state index contributed by atoms with van der Waals surface area (Å²) in [6.07, 6.45) is 3.36. The molecule has 2 amide bonds. The zero-order chi connectivity index (χ0) is 14.1. The largest absolute Gasteiger partial charge is 0.447 e. The smallest absolute Gasteiger partial charge is 0.416 e. The molecule has 102 valence electrons. The van der Waals surface area contributed by atoms with E-state index in [1.165, 1.54) is 11.6 Å². The maximum atomic E-state index is 11.2. The third-order valence-electron chi connectivity index (χ3n) is 2.46. The van der Waals surface area contributed by atoms with Crippen molar-refractivity contribution in [1.29, 1.82) is 0 Å². The first kappa shape index (κ1) is 15.0. The van der Waals surface area contributed by atoms with Crippen LogP contribution in [0, 0.1) is 6.92 Å². The highest BCUT2D eigenvalue weighted by molar-refractivity contribution is 5.99. The van der Waals surface area contributed by atoms with Crippen molar-refractivity contribution >= 4 is 12.0 Å². The van der Waals surface area contributed by atoms with Crippen molar-refractivity contribution in [3.8, 4) is 0 Å². The number of amides is 2. The van der Waals surface area contributed by atoms with Crippen LogP contribution in [0.3, 0.4) is 0 Å². The number of rotatable bonds is 2. The summed E-state index contributed by atoms with van der Waals surface area (Å²) >= 11 is 0. The predicted molar refractivity (Wildman–Crippen MR) is 73.7 cm³/mol. The van der Waals surface area contributed by atoms with Gasteiger partial charge < -0.3 is 4.74 Å². The summed E-state index contributed by atoms with van der Waals surface area (Å²) in [5.41, 5.74) is 1.32.